The maximum atomic E-state index is 11.9. The lowest BCUT2D eigenvalue weighted by Crippen LogP contribution is -1.96. The molecule has 0 atom stereocenters. The van der Waals surface area contributed by atoms with Gasteiger partial charge in [-0.1, -0.05) is 12.1 Å². The Labute approximate surface area is 158 Å². The van der Waals surface area contributed by atoms with Crippen molar-refractivity contribution >= 4 is 27.4 Å². The topological polar surface area (TPSA) is 57.9 Å². The molecule has 0 fully saturated rings. The second-order valence-corrected chi connectivity index (χ2v) is 7.14. The molecule has 134 valence electrons. The first-order valence-corrected chi connectivity index (χ1v) is 9.16. The summed E-state index contributed by atoms with van der Waals surface area (Å²) in [5.41, 5.74) is 1.85. The van der Waals surface area contributed by atoms with Gasteiger partial charge in [-0.25, -0.2) is 4.79 Å². The Morgan fingerprint density at radius 1 is 1.00 bits per heavy atom. The number of esters is 1. The predicted octanol–water partition coefficient (Wildman–Crippen LogP) is 5.34. The van der Waals surface area contributed by atoms with Gasteiger partial charge in [0.15, 0.2) is 11.5 Å². The Bertz CT molecular complexity index is 1170. The molecule has 0 aliphatic carbocycles. The molecule has 2 aromatic heterocycles. The molecule has 1 aliphatic rings. The van der Waals surface area contributed by atoms with Crippen molar-refractivity contribution < 1.29 is 23.4 Å². The molecule has 27 heavy (non-hydrogen) atoms. The van der Waals surface area contributed by atoms with Gasteiger partial charge in [-0.05, 0) is 42.5 Å². The molecule has 0 N–H and O–H groups in total. The van der Waals surface area contributed by atoms with Crippen LogP contribution in [-0.4, -0.2) is 19.9 Å². The Morgan fingerprint density at radius 2 is 1.85 bits per heavy atom. The Morgan fingerprint density at radius 3 is 2.74 bits per heavy atom. The summed E-state index contributed by atoms with van der Waals surface area (Å²) in [5, 5.41) is 0.967. The van der Waals surface area contributed by atoms with Gasteiger partial charge in [0.2, 0.25) is 6.79 Å². The zero-order valence-corrected chi connectivity index (χ0v) is 15.2. The summed E-state index contributed by atoms with van der Waals surface area (Å²) >= 11 is 1.41. The minimum absolute atomic E-state index is 0.241. The molecule has 0 radical (unpaired) electrons. The van der Waals surface area contributed by atoms with Crippen molar-refractivity contribution in [2.24, 2.45) is 0 Å². The van der Waals surface area contributed by atoms with Crippen molar-refractivity contribution in [2.45, 2.75) is 0 Å². The van der Waals surface area contributed by atoms with Crippen molar-refractivity contribution in [1.82, 2.24) is 0 Å². The molecule has 0 unspecified atom stereocenters. The number of benzene rings is 2. The van der Waals surface area contributed by atoms with Crippen LogP contribution in [0.15, 0.2) is 59.0 Å². The lowest BCUT2D eigenvalue weighted by atomic mass is 10.1. The fourth-order valence-corrected chi connectivity index (χ4v) is 4.17. The lowest BCUT2D eigenvalue weighted by Gasteiger charge is -2.01. The zero-order chi connectivity index (χ0) is 18.4. The van der Waals surface area contributed by atoms with Gasteiger partial charge >= 0.3 is 5.97 Å². The molecule has 0 bridgehead atoms. The number of methoxy groups -OCH3 is 1. The number of hydrogen-bond donors (Lipinski definition) is 0. The van der Waals surface area contributed by atoms with Crippen LogP contribution >= 0.6 is 11.3 Å². The minimum Gasteiger partial charge on any atom is -0.465 e. The van der Waals surface area contributed by atoms with Crippen LogP contribution in [0.25, 0.3) is 32.7 Å². The van der Waals surface area contributed by atoms with Crippen LogP contribution in [0, 0.1) is 0 Å². The minimum atomic E-state index is -0.331. The fraction of sp³-hybridized carbons (Fsp3) is 0.0952. The van der Waals surface area contributed by atoms with Crippen molar-refractivity contribution in [3.8, 4) is 34.1 Å². The number of thiophene rings is 1. The van der Waals surface area contributed by atoms with E-state index in [0.29, 0.717) is 10.6 Å². The first-order valence-electron chi connectivity index (χ1n) is 8.34. The number of hydrogen-bond acceptors (Lipinski definition) is 6. The fourth-order valence-electron chi connectivity index (χ4n) is 3.16. The van der Waals surface area contributed by atoms with Gasteiger partial charge in [-0.15, -0.1) is 11.3 Å². The third-order valence-electron chi connectivity index (χ3n) is 4.48. The number of carbonyl (C=O) groups is 1. The highest BCUT2D eigenvalue weighted by atomic mass is 32.1. The largest absolute Gasteiger partial charge is 0.465 e. The first kappa shape index (κ1) is 16.0. The SMILES string of the molecule is COC(=O)c1cc2c(-c3ccc(-c4ccc5c(c4)OCO5)o3)cccc2s1. The summed E-state index contributed by atoms with van der Waals surface area (Å²) in [6.45, 7) is 0.241. The molecule has 2 aromatic carbocycles. The number of fused-ring (bicyclic) bond motifs is 2. The smallest absolute Gasteiger partial charge is 0.348 e. The van der Waals surface area contributed by atoms with Gasteiger partial charge in [-0.2, -0.15) is 0 Å². The van der Waals surface area contributed by atoms with Crippen molar-refractivity contribution in [3.05, 3.63) is 59.5 Å². The van der Waals surface area contributed by atoms with E-state index in [9.17, 15) is 4.79 Å². The summed E-state index contributed by atoms with van der Waals surface area (Å²) < 4.78 is 22.7. The van der Waals surface area contributed by atoms with Gasteiger partial charge < -0.3 is 18.6 Å². The van der Waals surface area contributed by atoms with E-state index in [0.717, 1.165) is 38.5 Å². The van der Waals surface area contributed by atoms with Crippen molar-refractivity contribution in [1.29, 1.82) is 0 Å². The van der Waals surface area contributed by atoms with E-state index in [1.54, 1.807) is 0 Å². The number of ether oxygens (including phenoxy) is 3. The van der Waals surface area contributed by atoms with E-state index in [2.05, 4.69) is 0 Å². The highest BCUT2D eigenvalue weighted by Crippen LogP contribution is 2.39. The van der Waals surface area contributed by atoms with E-state index in [1.807, 2.05) is 54.6 Å². The molecule has 5 nitrogen and oxygen atoms in total. The monoisotopic (exact) mass is 378 g/mol. The third-order valence-corrected chi connectivity index (χ3v) is 5.56. The molecule has 0 spiro atoms. The maximum Gasteiger partial charge on any atom is 0.348 e. The van der Waals surface area contributed by atoms with Gasteiger partial charge in [0.05, 0.1) is 7.11 Å². The standard InChI is InChI=1S/C21H14O5S/c1-23-21(22)20-10-14-13(3-2-4-19(14)27-20)16-8-7-15(26-16)12-5-6-17-18(9-12)25-11-24-17/h2-10H,11H2,1H3. The molecular weight excluding hydrogens is 364 g/mol. The average Bonchev–Trinajstić information content (AvgIpc) is 3.44. The van der Waals surface area contributed by atoms with Crippen LogP contribution in [0.5, 0.6) is 11.5 Å². The molecular formula is C21H14O5S. The number of furan rings is 1. The second-order valence-electron chi connectivity index (χ2n) is 6.05. The van der Waals surface area contributed by atoms with E-state index in [4.69, 9.17) is 18.6 Å². The van der Waals surface area contributed by atoms with Crippen molar-refractivity contribution in [2.75, 3.05) is 13.9 Å². The Kier molecular flexibility index (Phi) is 3.65. The molecule has 3 heterocycles. The molecule has 0 amide bonds. The second kappa shape index (κ2) is 6.17. The van der Waals surface area contributed by atoms with E-state index >= 15 is 0 Å². The predicted molar refractivity (Wildman–Crippen MR) is 102 cm³/mol. The summed E-state index contributed by atoms with van der Waals surface area (Å²) in [6, 6.07) is 17.4. The van der Waals surface area contributed by atoms with Crippen molar-refractivity contribution in [3.63, 3.8) is 0 Å². The first-order chi connectivity index (χ1) is 13.2. The normalized spacial score (nSPS) is 12.5. The molecule has 1 aliphatic heterocycles. The van der Waals surface area contributed by atoms with Gasteiger partial charge in [0.1, 0.15) is 16.4 Å². The molecule has 0 saturated heterocycles. The summed E-state index contributed by atoms with van der Waals surface area (Å²) in [5.74, 6) is 2.60. The zero-order valence-electron chi connectivity index (χ0n) is 14.4. The van der Waals surface area contributed by atoms with E-state index in [1.165, 1.54) is 18.4 Å². The van der Waals surface area contributed by atoms with Crippen LogP contribution in [0.1, 0.15) is 9.67 Å². The van der Waals surface area contributed by atoms with E-state index in [-0.39, 0.29) is 12.8 Å². The van der Waals surface area contributed by atoms with Gasteiger partial charge in [-0.3, -0.25) is 0 Å². The van der Waals surface area contributed by atoms with Gasteiger partial charge in [0, 0.05) is 21.2 Å². The summed E-state index contributed by atoms with van der Waals surface area (Å²) in [6.07, 6.45) is 0. The number of rotatable bonds is 3. The highest BCUT2D eigenvalue weighted by molar-refractivity contribution is 7.20. The van der Waals surface area contributed by atoms with Crippen LogP contribution in [-0.2, 0) is 4.74 Å². The Balaban J connectivity index is 1.56. The van der Waals surface area contributed by atoms with Crippen LogP contribution in [0.3, 0.4) is 0 Å². The summed E-state index contributed by atoms with van der Waals surface area (Å²) in [7, 11) is 1.39. The van der Waals surface area contributed by atoms with Gasteiger partial charge in [0.25, 0.3) is 0 Å². The third kappa shape index (κ3) is 2.65. The summed E-state index contributed by atoms with van der Waals surface area (Å²) in [4.78, 5) is 12.4. The molecule has 6 heteroatoms. The highest BCUT2D eigenvalue weighted by Gasteiger charge is 2.17. The van der Waals surface area contributed by atoms with Crippen LogP contribution < -0.4 is 9.47 Å². The molecule has 4 aromatic rings. The van der Waals surface area contributed by atoms with Crippen LogP contribution in [0.2, 0.25) is 0 Å². The maximum absolute atomic E-state index is 11.9. The Hall–Kier alpha value is -3.25. The average molecular weight is 378 g/mol. The quantitative estimate of drug-likeness (QED) is 0.450. The molecule has 5 rings (SSSR count). The lowest BCUT2D eigenvalue weighted by molar-refractivity contribution is 0.0606. The number of carbonyl (C=O) groups excluding carboxylic acids is 1. The van der Waals surface area contributed by atoms with Crippen LogP contribution in [0.4, 0.5) is 0 Å². The molecule has 0 saturated carbocycles. The van der Waals surface area contributed by atoms with E-state index < -0.39 is 0 Å².